The fourth-order valence-corrected chi connectivity index (χ4v) is 2.68. The number of rotatable bonds is 6. The number of carboxylic acid groups (broad SMARTS) is 1. The normalized spacial score (nSPS) is 11.0. The molecule has 0 saturated heterocycles. The molecule has 2 N–H and O–H groups in total. The average molecular weight is 307 g/mol. The smallest absolute Gasteiger partial charge is 0.339 e. The molecule has 0 aromatic carbocycles. The zero-order valence-corrected chi connectivity index (χ0v) is 11.7. The number of aromatic carboxylic acids is 1. The molecule has 2 heterocycles. The van der Waals surface area contributed by atoms with Crippen molar-refractivity contribution in [2.24, 2.45) is 0 Å². The first-order chi connectivity index (χ1) is 9.98. The van der Waals surface area contributed by atoms with Crippen LogP contribution in [0.3, 0.4) is 0 Å². The highest BCUT2D eigenvalue weighted by Gasteiger charge is 2.17. The molecule has 0 bridgehead atoms. The fourth-order valence-electron chi connectivity index (χ4n) is 1.64. The molecule has 2 aromatic heterocycles. The Morgan fingerprint density at radius 3 is 2.57 bits per heavy atom. The topological polar surface area (TPSA) is 109 Å². The van der Waals surface area contributed by atoms with Gasteiger partial charge in [0.05, 0.1) is 5.75 Å². The Morgan fingerprint density at radius 1 is 1.14 bits per heavy atom. The molecule has 2 rings (SSSR count). The fraction of sp³-hybridized carbons (Fsp3) is 0.154. The summed E-state index contributed by atoms with van der Waals surface area (Å²) in [6.45, 7) is 0. The summed E-state index contributed by atoms with van der Waals surface area (Å²) in [4.78, 5) is 18.8. The Labute approximate surface area is 121 Å². The van der Waals surface area contributed by atoms with Crippen LogP contribution in [0.2, 0.25) is 0 Å². The summed E-state index contributed by atoms with van der Waals surface area (Å²) in [5.41, 5.74) is 0.446. The zero-order valence-electron chi connectivity index (χ0n) is 10.9. The van der Waals surface area contributed by atoms with E-state index >= 15 is 0 Å². The highest BCUT2D eigenvalue weighted by atomic mass is 32.2. The van der Waals surface area contributed by atoms with Gasteiger partial charge in [-0.1, -0.05) is 6.07 Å². The Morgan fingerprint density at radius 2 is 1.90 bits per heavy atom. The second kappa shape index (κ2) is 6.31. The van der Waals surface area contributed by atoms with E-state index in [1.165, 1.54) is 18.3 Å². The summed E-state index contributed by atoms with van der Waals surface area (Å²) >= 11 is 0. The summed E-state index contributed by atoms with van der Waals surface area (Å²) in [6, 6.07) is 7.94. The maximum atomic E-state index is 12.0. The van der Waals surface area contributed by atoms with Crippen LogP contribution >= 0.6 is 0 Å². The van der Waals surface area contributed by atoms with Crippen LogP contribution in [-0.4, -0.2) is 35.2 Å². The summed E-state index contributed by atoms with van der Waals surface area (Å²) in [5, 5.41) is 8.99. The minimum absolute atomic E-state index is 0.189. The lowest BCUT2D eigenvalue weighted by molar-refractivity contribution is 0.0697. The van der Waals surface area contributed by atoms with Gasteiger partial charge in [0, 0.05) is 24.5 Å². The van der Waals surface area contributed by atoms with Crippen molar-refractivity contribution in [3.8, 4) is 0 Å². The van der Waals surface area contributed by atoms with Crippen LogP contribution in [0.15, 0.2) is 42.7 Å². The maximum Gasteiger partial charge on any atom is 0.339 e. The number of hydrogen-bond acceptors (Lipinski definition) is 5. The number of aromatic nitrogens is 2. The molecule has 0 atom stereocenters. The van der Waals surface area contributed by atoms with Crippen molar-refractivity contribution in [2.45, 2.75) is 6.42 Å². The molecule has 0 spiro atoms. The van der Waals surface area contributed by atoms with Gasteiger partial charge < -0.3 is 5.11 Å². The van der Waals surface area contributed by atoms with Crippen molar-refractivity contribution >= 4 is 21.8 Å². The summed E-state index contributed by atoms with van der Waals surface area (Å²) in [5.74, 6) is -1.64. The van der Waals surface area contributed by atoms with Crippen molar-refractivity contribution in [3.05, 3.63) is 54.0 Å². The molecule has 0 unspecified atom stereocenters. The van der Waals surface area contributed by atoms with Crippen molar-refractivity contribution in [3.63, 3.8) is 0 Å². The lowest BCUT2D eigenvalue weighted by Gasteiger charge is -2.09. The molecular weight excluding hydrogens is 294 g/mol. The van der Waals surface area contributed by atoms with Gasteiger partial charge in [-0.05, 0) is 24.3 Å². The number of nitrogens with zero attached hydrogens (tertiary/aromatic N) is 2. The van der Waals surface area contributed by atoms with Crippen LogP contribution in [0.1, 0.15) is 16.1 Å². The molecule has 7 nitrogen and oxygen atoms in total. The van der Waals surface area contributed by atoms with Crippen molar-refractivity contribution in [1.82, 2.24) is 9.97 Å². The Hall–Kier alpha value is -2.48. The Kier molecular flexibility index (Phi) is 4.49. The average Bonchev–Trinajstić information content (AvgIpc) is 2.46. The molecule has 0 aliphatic carbocycles. The number of nitrogens with one attached hydrogen (secondary N) is 1. The molecule has 0 fully saturated rings. The second-order valence-electron chi connectivity index (χ2n) is 4.20. The van der Waals surface area contributed by atoms with Crippen LogP contribution in [0.4, 0.5) is 5.82 Å². The molecule has 0 aliphatic heterocycles. The van der Waals surface area contributed by atoms with E-state index in [0.717, 1.165) is 0 Å². The minimum Gasteiger partial charge on any atom is -0.478 e. The van der Waals surface area contributed by atoms with Crippen molar-refractivity contribution in [1.29, 1.82) is 0 Å². The standard InChI is InChI=1S/C13H13N3O4S/c17-13(18)11-5-3-8-15-12(11)16-21(19,20)9-6-10-4-1-2-7-14-10/h1-5,7-8H,6,9H2,(H,15,16)(H,17,18). The first-order valence-corrected chi connectivity index (χ1v) is 7.72. The molecule has 0 saturated carbocycles. The van der Waals surface area contributed by atoms with Crippen LogP contribution in [0, 0.1) is 0 Å². The Bertz CT molecular complexity index is 732. The lowest BCUT2D eigenvalue weighted by atomic mass is 10.3. The number of sulfonamides is 1. The number of carboxylic acids is 1. The molecule has 2 aromatic rings. The predicted molar refractivity (Wildman–Crippen MR) is 76.5 cm³/mol. The Balaban J connectivity index is 2.10. The van der Waals surface area contributed by atoms with Crippen LogP contribution < -0.4 is 4.72 Å². The second-order valence-corrected chi connectivity index (χ2v) is 6.04. The van der Waals surface area contributed by atoms with E-state index in [2.05, 4.69) is 14.7 Å². The number of hydrogen-bond donors (Lipinski definition) is 2. The number of anilines is 1. The molecule has 0 amide bonds. The number of aryl methyl sites for hydroxylation is 1. The van der Waals surface area contributed by atoms with Crippen LogP contribution in [0.25, 0.3) is 0 Å². The van der Waals surface area contributed by atoms with E-state index in [-0.39, 0.29) is 23.6 Å². The van der Waals surface area contributed by atoms with E-state index in [1.54, 1.807) is 24.4 Å². The van der Waals surface area contributed by atoms with Crippen LogP contribution in [0.5, 0.6) is 0 Å². The molecular formula is C13H13N3O4S. The summed E-state index contributed by atoms with van der Waals surface area (Å²) < 4.78 is 26.1. The highest BCUT2D eigenvalue weighted by Crippen LogP contribution is 2.13. The molecule has 21 heavy (non-hydrogen) atoms. The predicted octanol–water partition coefficient (Wildman–Crippen LogP) is 1.16. The highest BCUT2D eigenvalue weighted by molar-refractivity contribution is 7.92. The molecule has 0 radical (unpaired) electrons. The monoisotopic (exact) mass is 307 g/mol. The molecule has 0 aliphatic rings. The lowest BCUT2D eigenvalue weighted by Crippen LogP contribution is -2.21. The molecule has 8 heteroatoms. The molecule has 110 valence electrons. The largest absolute Gasteiger partial charge is 0.478 e. The SMILES string of the molecule is O=C(O)c1cccnc1NS(=O)(=O)CCc1ccccn1. The first-order valence-electron chi connectivity index (χ1n) is 6.07. The number of carbonyl (C=O) groups is 1. The quantitative estimate of drug-likeness (QED) is 0.828. The van der Waals surface area contributed by atoms with Gasteiger partial charge in [0.25, 0.3) is 0 Å². The van der Waals surface area contributed by atoms with Gasteiger partial charge in [0.2, 0.25) is 10.0 Å². The van der Waals surface area contributed by atoms with Crippen molar-refractivity contribution in [2.75, 3.05) is 10.5 Å². The minimum atomic E-state index is -3.70. The summed E-state index contributed by atoms with van der Waals surface area (Å²) in [7, 11) is -3.70. The third kappa shape index (κ3) is 4.25. The van der Waals surface area contributed by atoms with E-state index in [9.17, 15) is 13.2 Å². The van der Waals surface area contributed by atoms with E-state index in [0.29, 0.717) is 5.69 Å². The van der Waals surface area contributed by atoms with Gasteiger partial charge in [0.1, 0.15) is 5.56 Å². The van der Waals surface area contributed by atoms with E-state index in [4.69, 9.17) is 5.11 Å². The third-order valence-corrected chi connectivity index (χ3v) is 3.89. The first kappa shape index (κ1) is 14.9. The maximum absolute atomic E-state index is 12.0. The van der Waals surface area contributed by atoms with Gasteiger partial charge in [-0.15, -0.1) is 0 Å². The van der Waals surface area contributed by atoms with E-state index < -0.39 is 16.0 Å². The third-order valence-electron chi connectivity index (χ3n) is 2.64. The van der Waals surface area contributed by atoms with Crippen LogP contribution in [-0.2, 0) is 16.4 Å². The van der Waals surface area contributed by atoms with Gasteiger partial charge in [0.15, 0.2) is 5.82 Å². The van der Waals surface area contributed by atoms with E-state index in [1.807, 2.05) is 0 Å². The zero-order chi connectivity index (χ0) is 15.3. The van der Waals surface area contributed by atoms with Gasteiger partial charge in [-0.25, -0.2) is 18.2 Å². The summed E-state index contributed by atoms with van der Waals surface area (Å²) in [6.07, 6.45) is 3.13. The van der Waals surface area contributed by atoms with Gasteiger partial charge in [-0.3, -0.25) is 9.71 Å². The van der Waals surface area contributed by atoms with Crippen molar-refractivity contribution < 1.29 is 18.3 Å². The van der Waals surface area contributed by atoms with Gasteiger partial charge in [-0.2, -0.15) is 0 Å². The van der Waals surface area contributed by atoms with Gasteiger partial charge >= 0.3 is 5.97 Å². The number of pyridine rings is 2.